The first-order chi connectivity index (χ1) is 9.49. The van der Waals surface area contributed by atoms with Crippen LogP contribution in [0.3, 0.4) is 0 Å². The molecule has 0 fully saturated rings. The molecule has 0 bridgehead atoms. The predicted molar refractivity (Wildman–Crippen MR) is 73.4 cm³/mol. The average molecular weight is 275 g/mol. The summed E-state index contributed by atoms with van der Waals surface area (Å²) in [5.41, 5.74) is 0.692. The summed E-state index contributed by atoms with van der Waals surface area (Å²) in [6, 6.07) is 0. The minimum Gasteiger partial charge on any atom is -0.308 e. The molecule has 2 aliphatic rings. The molecule has 3 amide bonds. The molecule has 0 saturated heterocycles. The number of carbonyl (C=O) groups is 3. The second kappa shape index (κ2) is 5.83. The molecule has 2 heterocycles. The number of carbonyl (C=O) groups excluding carboxylic acids is 3. The maximum atomic E-state index is 11.5. The zero-order valence-corrected chi connectivity index (χ0v) is 11.4. The molecular weight excluding hydrogens is 258 g/mol. The van der Waals surface area contributed by atoms with Gasteiger partial charge in [0, 0.05) is 50.1 Å². The first-order valence-electron chi connectivity index (χ1n) is 6.39. The van der Waals surface area contributed by atoms with Crippen molar-refractivity contribution < 1.29 is 14.4 Å². The number of nitrogens with zero attached hydrogens (tertiary/aromatic N) is 3. The number of allylic oxidation sites excluding steroid dienone is 1. The van der Waals surface area contributed by atoms with Crippen LogP contribution in [0.1, 0.15) is 0 Å². The molecule has 2 aliphatic heterocycles. The van der Waals surface area contributed by atoms with E-state index in [1.54, 1.807) is 11.0 Å². The van der Waals surface area contributed by atoms with Gasteiger partial charge in [-0.15, -0.1) is 0 Å². The van der Waals surface area contributed by atoms with Gasteiger partial charge in [0.15, 0.2) is 0 Å². The van der Waals surface area contributed by atoms with Crippen molar-refractivity contribution in [1.29, 1.82) is 0 Å². The molecule has 0 N–H and O–H groups in total. The largest absolute Gasteiger partial charge is 0.308 e. The Balaban J connectivity index is 1.72. The zero-order valence-electron chi connectivity index (χ0n) is 11.4. The molecule has 0 aromatic rings. The molecule has 0 aromatic heterocycles. The summed E-state index contributed by atoms with van der Waals surface area (Å²) in [4.78, 5) is 39.0. The monoisotopic (exact) mass is 275 g/mol. The van der Waals surface area contributed by atoms with E-state index in [1.165, 1.54) is 23.1 Å². The Morgan fingerprint density at radius 2 is 1.35 bits per heavy atom. The Bertz CT molecular complexity index is 440. The van der Waals surface area contributed by atoms with E-state index in [4.69, 9.17) is 0 Å². The van der Waals surface area contributed by atoms with Crippen molar-refractivity contribution in [3.05, 3.63) is 36.6 Å². The van der Waals surface area contributed by atoms with E-state index in [-0.39, 0.29) is 17.7 Å². The quantitative estimate of drug-likeness (QED) is 0.627. The molecule has 0 aliphatic carbocycles. The normalized spacial score (nSPS) is 18.3. The Kier molecular flexibility index (Phi) is 4.14. The van der Waals surface area contributed by atoms with Gasteiger partial charge in [-0.3, -0.25) is 19.3 Å². The standard InChI is InChI=1S/C14H17N3O3/c1-11-3-4-12(18)16(11)9-7-15(2)8-10-17-13(19)5-6-14(17)20/h3-6H,1,7-10H2,2H3. The zero-order chi connectivity index (χ0) is 14.7. The third kappa shape index (κ3) is 3.03. The van der Waals surface area contributed by atoms with E-state index in [0.717, 1.165) is 0 Å². The lowest BCUT2D eigenvalue weighted by molar-refractivity contribution is -0.136. The van der Waals surface area contributed by atoms with Gasteiger partial charge in [0.05, 0.1) is 0 Å². The van der Waals surface area contributed by atoms with Gasteiger partial charge in [-0.1, -0.05) is 6.58 Å². The first-order valence-corrected chi connectivity index (χ1v) is 6.39. The highest BCUT2D eigenvalue weighted by Crippen LogP contribution is 2.12. The topological polar surface area (TPSA) is 60.9 Å². The average Bonchev–Trinajstić information content (AvgIpc) is 2.89. The number of hydrogen-bond acceptors (Lipinski definition) is 4. The van der Waals surface area contributed by atoms with E-state index in [0.29, 0.717) is 31.9 Å². The van der Waals surface area contributed by atoms with Crippen molar-refractivity contribution >= 4 is 17.7 Å². The van der Waals surface area contributed by atoms with Crippen LogP contribution in [-0.4, -0.2) is 65.6 Å². The summed E-state index contributed by atoms with van der Waals surface area (Å²) in [7, 11) is 1.88. The van der Waals surface area contributed by atoms with Crippen LogP contribution >= 0.6 is 0 Å². The van der Waals surface area contributed by atoms with Gasteiger partial charge in [0.1, 0.15) is 0 Å². The molecule has 0 spiro atoms. The van der Waals surface area contributed by atoms with Gasteiger partial charge in [-0.25, -0.2) is 0 Å². The highest BCUT2D eigenvalue weighted by atomic mass is 16.2. The van der Waals surface area contributed by atoms with Crippen LogP contribution in [0.4, 0.5) is 0 Å². The van der Waals surface area contributed by atoms with Crippen LogP contribution < -0.4 is 0 Å². The second-order valence-electron chi connectivity index (χ2n) is 4.78. The van der Waals surface area contributed by atoms with Crippen molar-refractivity contribution in [3.63, 3.8) is 0 Å². The van der Waals surface area contributed by atoms with Crippen LogP contribution in [0.25, 0.3) is 0 Å². The molecule has 0 radical (unpaired) electrons. The van der Waals surface area contributed by atoms with Gasteiger partial charge in [0.25, 0.3) is 17.7 Å². The van der Waals surface area contributed by atoms with Crippen LogP contribution in [0.2, 0.25) is 0 Å². The van der Waals surface area contributed by atoms with Crippen molar-refractivity contribution in [3.8, 4) is 0 Å². The number of likely N-dealkylation sites (N-methyl/N-ethyl adjacent to an activating group) is 1. The Morgan fingerprint density at radius 3 is 1.85 bits per heavy atom. The third-order valence-corrected chi connectivity index (χ3v) is 3.34. The van der Waals surface area contributed by atoms with Crippen molar-refractivity contribution in [2.24, 2.45) is 0 Å². The van der Waals surface area contributed by atoms with E-state index in [1.807, 2.05) is 11.9 Å². The highest BCUT2D eigenvalue weighted by Gasteiger charge is 2.23. The van der Waals surface area contributed by atoms with Crippen LogP contribution in [0.5, 0.6) is 0 Å². The van der Waals surface area contributed by atoms with Gasteiger partial charge >= 0.3 is 0 Å². The van der Waals surface area contributed by atoms with Crippen LogP contribution in [-0.2, 0) is 14.4 Å². The molecule has 0 atom stereocenters. The number of rotatable bonds is 6. The number of amides is 3. The molecule has 0 aromatic carbocycles. The summed E-state index contributed by atoms with van der Waals surface area (Å²) in [6.07, 6.45) is 5.74. The first kappa shape index (κ1) is 14.2. The van der Waals surface area contributed by atoms with Crippen molar-refractivity contribution in [2.45, 2.75) is 0 Å². The fourth-order valence-corrected chi connectivity index (χ4v) is 2.05. The summed E-state index contributed by atoms with van der Waals surface area (Å²) in [5, 5.41) is 0. The van der Waals surface area contributed by atoms with Gasteiger partial charge in [0.2, 0.25) is 0 Å². The van der Waals surface area contributed by atoms with Crippen molar-refractivity contribution in [1.82, 2.24) is 14.7 Å². The maximum Gasteiger partial charge on any atom is 0.253 e. The van der Waals surface area contributed by atoms with Gasteiger partial charge in [-0.2, -0.15) is 0 Å². The third-order valence-electron chi connectivity index (χ3n) is 3.34. The highest BCUT2D eigenvalue weighted by molar-refractivity contribution is 6.12. The molecule has 6 heteroatoms. The lowest BCUT2D eigenvalue weighted by Gasteiger charge is -2.24. The molecule has 2 rings (SSSR count). The molecule has 106 valence electrons. The lowest BCUT2D eigenvalue weighted by Crippen LogP contribution is -2.39. The van der Waals surface area contributed by atoms with E-state index < -0.39 is 0 Å². The van der Waals surface area contributed by atoms with Crippen LogP contribution in [0, 0.1) is 0 Å². The van der Waals surface area contributed by atoms with E-state index >= 15 is 0 Å². The Hall–Kier alpha value is -2.21. The van der Waals surface area contributed by atoms with Crippen LogP contribution in [0.15, 0.2) is 36.6 Å². The fraction of sp³-hybridized carbons (Fsp3) is 0.357. The maximum absolute atomic E-state index is 11.5. The summed E-state index contributed by atoms with van der Waals surface area (Å²) >= 11 is 0. The van der Waals surface area contributed by atoms with Gasteiger partial charge < -0.3 is 9.80 Å². The fourth-order valence-electron chi connectivity index (χ4n) is 2.05. The minimum atomic E-state index is -0.268. The number of imide groups is 1. The smallest absolute Gasteiger partial charge is 0.253 e. The minimum absolute atomic E-state index is 0.0579. The Labute approximate surface area is 117 Å². The Morgan fingerprint density at radius 1 is 0.900 bits per heavy atom. The molecular formula is C14H17N3O3. The van der Waals surface area contributed by atoms with E-state index in [2.05, 4.69) is 6.58 Å². The van der Waals surface area contributed by atoms with Gasteiger partial charge in [-0.05, 0) is 13.1 Å². The SMILES string of the molecule is C=C1C=CC(=O)N1CCN(C)CCN1C(=O)C=CC1=O. The van der Waals surface area contributed by atoms with Crippen molar-refractivity contribution in [2.75, 3.05) is 33.2 Å². The number of hydrogen-bond donors (Lipinski definition) is 0. The lowest BCUT2D eigenvalue weighted by atomic mass is 10.4. The summed E-state index contributed by atoms with van der Waals surface area (Å²) < 4.78 is 0. The second-order valence-corrected chi connectivity index (χ2v) is 4.78. The molecule has 0 saturated carbocycles. The molecule has 6 nitrogen and oxygen atoms in total. The summed E-state index contributed by atoms with van der Waals surface area (Å²) in [5.74, 6) is -0.594. The predicted octanol–water partition coefficient (Wildman–Crippen LogP) is -0.245. The molecule has 20 heavy (non-hydrogen) atoms. The van der Waals surface area contributed by atoms with E-state index in [9.17, 15) is 14.4 Å². The molecule has 0 unspecified atom stereocenters. The summed E-state index contributed by atoms with van der Waals surface area (Å²) in [6.45, 7) is 5.90.